The highest BCUT2D eigenvalue weighted by Gasteiger charge is 2.39. The first-order valence-electron chi connectivity index (χ1n) is 6.05. The number of ether oxygens (including phenoxy) is 1. The number of nitrogens with zero attached hydrogens (tertiary/aromatic N) is 1. The molecule has 1 heterocycles. The van der Waals surface area contributed by atoms with Crippen molar-refractivity contribution in [2.45, 2.75) is 44.9 Å². The monoisotopic (exact) mass is 258 g/mol. The summed E-state index contributed by atoms with van der Waals surface area (Å²) in [6.45, 7) is 16.2. The first kappa shape index (κ1) is 14.5. The summed E-state index contributed by atoms with van der Waals surface area (Å²) in [6, 6.07) is 0.0223. The summed E-state index contributed by atoms with van der Waals surface area (Å²) in [5, 5.41) is 0.186. The van der Waals surface area contributed by atoms with Gasteiger partial charge in [0, 0.05) is 6.54 Å². The molecule has 1 saturated heterocycles. The predicted molar refractivity (Wildman–Crippen MR) is 70.3 cm³/mol. The van der Waals surface area contributed by atoms with Crippen LogP contribution in [-0.4, -0.2) is 45.1 Å². The molecular weight excluding hydrogens is 234 g/mol. The second-order valence-corrected chi connectivity index (χ2v) is 10.8. The van der Waals surface area contributed by atoms with Gasteiger partial charge in [-0.3, -0.25) is 4.90 Å². The molecule has 1 radical (unpaired) electrons. The fraction of sp³-hybridized carbons (Fsp3) is 0.833. The Labute approximate surface area is 105 Å². The molecular formula is C12H24NO3Si. The summed E-state index contributed by atoms with van der Waals surface area (Å²) in [7, 11) is -1.75. The Bertz CT molecular complexity index is 286. The summed E-state index contributed by atoms with van der Waals surface area (Å²) in [4.78, 5) is 13.0. The summed E-state index contributed by atoms with van der Waals surface area (Å²) in [5.41, 5.74) is 0. The third-order valence-corrected chi connectivity index (χ3v) is 8.26. The van der Waals surface area contributed by atoms with E-state index in [2.05, 4.69) is 40.8 Å². The summed E-state index contributed by atoms with van der Waals surface area (Å²) >= 11 is 0. The molecule has 99 valence electrons. The third kappa shape index (κ3) is 3.22. The molecule has 4 nitrogen and oxygen atoms in total. The van der Waals surface area contributed by atoms with Crippen LogP contribution in [0.3, 0.4) is 0 Å². The number of hydrogen-bond acceptors (Lipinski definition) is 3. The third-order valence-electron chi connectivity index (χ3n) is 3.76. The Kier molecular flexibility index (Phi) is 4.25. The molecule has 1 fully saturated rings. The van der Waals surface area contributed by atoms with Crippen LogP contribution in [-0.2, 0) is 9.16 Å². The highest BCUT2D eigenvalue weighted by atomic mass is 28.4. The summed E-state index contributed by atoms with van der Waals surface area (Å²) in [6.07, 6.45) is -0.274. The first-order valence-corrected chi connectivity index (χ1v) is 8.96. The summed E-state index contributed by atoms with van der Waals surface area (Å²) in [5.74, 6) is 0. The smallest absolute Gasteiger partial charge is 0.410 e. The standard InChI is InChI=1S/C12H24NO3Si/c1-7-13-10(8-15-11(13)14)9-16-17(5,6)12(2,3)4/h10H,1,7-9H2,2-6H3/t10-/m1/s1. The number of hydrogen-bond donors (Lipinski definition) is 0. The topological polar surface area (TPSA) is 38.8 Å². The molecule has 0 aromatic heterocycles. The normalized spacial score (nSPS) is 21.9. The van der Waals surface area contributed by atoms with Crippen molar-refractivity contribution in [1.29, 1.82) is 0 Å². The van der Waals surface area contributed by atoms with E-state index in [0.717, 1.165) is 0 Å². The maximum Gasteiger partial charge on any atom is 0.410 e. The van der Waals surface area contributed by atoms with Crippen LogP contribution in [0.1, 0.15) is 20.8 Å². The lowest BCUT2D eigenvalue weighted by Gasteiger charge is -2.37. The van der Waals surface area contributed by atoms with Crippen molar-refractivity contribution >= 4 is 14.4 Å². The van der Waals surface area contributed by atoms with Gasteiger partial charge in [-0.15, -0.1) is 0 Å². The van der Waals surface area contributed by atoms with Crippen LogP contribution in [0.2, 0.25) is 18.1 Å². The van der Waals surface area contributed by atoms with Gasteiger partial charge in [-0.25, -0.2) is 4.79 Å². The zero-order chi connectivity index (χ0) is 13.3. The molecule has 17 heavy (non-hydrogen) atoms. The van der Waals surface area contributed by atoms with Gasteiger partial charge in [0.05, 0.1) is 12.6 Å². The Morgan fingerprint density at radius 3 is 2.59 bits per heavy atom. The molecule has 0 aromatic carbocycles. The molecule has 0 unspecified atom stereocenters. The predicted octanol–water partition coefficient (Wildman–Crippen LogP) is 2.66. The highest BCUT2D eigenvalue weighted by molar-refractivity contribution is 6.74. The van der Waals surface area contributed by atoms with Crippen LogP contribution in [0.25, 0.3) is 0 Å². The Balaban J connectivity index is 2.54. The highest BCUT2D eigenvalue weighted by Crippen LogP contribution is 2.36. The molecule has 0 N–H and O–H groups in total. The quantitative estimate of drug-likeness (QED) is 0.728. The molecule has 0 saturated carbocycles. The Morgan fingerprint density at radius 1 is 1.53 bits per heavy atom. The zero-order valence-electron chi connectivity index (χ0n) is 11.6. The fourth-order valence-corrected chi connectivity index (χ4v) is 2.46. The van der Waals surface area contributed by atoms with Crippen molar-refractivity contribution in [2.75, 3.05) is 19.8 Å². The Morgan fingerprint density at radius 2 is 2.12 bits per heavy atom. The van der Waals surface area contributed by atoms with Gasteiger partial charge in [-0.05, 0) is 25.1 Å². The summed E-state index contributed by atoms with van der Waals surface area (Å²) < 4.78 is 11.1. The van der Waals surface area contributed by atoms with Crippen LogP contribution in [0.15, 0.2) is 0 Å². The van der Waals surface area contributed by atoms with E-state index in [4.69, 9.17) is 9.16 Å². The molecule has 5 heteroatoms. The van der Waals surface area contributed by atoms with E-state index in [-0.39, 0.29) is 17.2 Å². The van der Waals surface area contributed by atoms with Gasteiger partial charge >= 0.3 is 6.09 Å². The van der Waals surface area contributed by atoms with E-state index in [9.17, 15) is 4.79 Å². The number of rotatable bonds is 4. The first-order chi connectivity index (χ1) is 7.69. The minimum Gasteiger partial charge on any atom is -0.447 e. The second-order valence-electron chi connectivity index (χ2n) is 6.00. The van der Waals surface area contributed by atoms with Gasteiger partial charge in [0.2, 0.25) is 0 Å². The van der Waals surface area contributed by atoms with Gasteiger partial charge in [-0.2, -0.15) is 0 Å². The lowest BCUT2D eigenvalue weighted by Crippen LogP contribution is -2.45. The van der Waals surface area contributed by atoms with Crippen molar-refractivity contribution < 1.29 is 14.0 Å². The van der Waals surface area contributed by atoms with Gasteiger partial charge < -0.3 is 9.16 Å². The number of carbonyl (C=O) groups is 1. The average molecular weight is 258 g/mol. The van der Waals surface area contributed by atoms with Crippen LogP contribution in [0.5, 0.6) is 0 Å². The van der Waals surface area contributed by atoms with Crippen LogP contribution >= 0.6 is 0 Å². The maximum atomic E-state index is 11.4. The van der Waals surface area contributed by atoms with E-state index >= 15 is 0 Å². The van der Waals surface area contributed by atoms with Gasteiger partial charge in [0.15, 0.2) is 8.32 Å². The number of amides is 1. The molecule has 1 rings (SSSR count). The van der Waals surface area contributed by atoms with Crippen molar-refractivity contribution in [3.05, 3.63) is 6.92 Å². The minimum atomic E-state index is -1.75. The van der Waals surface area contributed by atoms with Crippen LogP contribution < -0.4 is 0 Å². The second kappa shape index (κ2) is 4.98. The molecule has 1 aliphatic rings. The Hall–Kier alpha value is -0.553. The number of carbonyl (C=O) groups excluding carboxylic acids is 1. The lowest BCUT2D eigenvalue weighted by atomic mass is 10.2. The SMILES string of the molecule is [CH2]CN1C(=O)OC[C@@H]1CO[Si](C)(C)C(C)(C)C. The molecule has 0 spiro atoms. The van der Waals surface area contributed by atoms with Crippen LogP contribution in [0.4, 0.5) is 4.79 Å². The lowest BCUT2D eigenvalue weighted by molar-refractivity contribution is 0.158. The zero-order valence-corrected chi connectivity index (χ0v) is 12.6. The number of cyclic esters (lactones) is 1. The van der Waals surface area contributed by atoms with Crippen molar-refractivity contribution in [1.82, 2.24) is 4.90 Å². The molecule has 1 amide bonds. The molecule has 0 bridgehead atoms. The van der Waals surface area contributed by atoms with Gasteiger partial charge in [0.25, 0.3) is 0 Å². The molecule has 1 atom stereocenters. The molecule has 0 aliphatic carbocycles. The van der Waals surface area contributed by atoms with Crippen molar-refractivity contribution in [3.63, 3.8) is 0 Å². The average Bonchev–Trinajstić information content (AvgIpc) is 2.54. The van der Waals surface area contributed by atoms with Gasteiger partial charge in [0.1, 0.15) is 6.61 Å². The van der Waals surface area contributed by atoms with Gasteiger partial charge in [-0.1, -0.05) is 20.8 Å². The van der Waals surface area contributed by atoms with E-state index in [1.54, 1.807) is 4.90 Å². The fourth-order valence-electron chi connectivity index (χ4n) is 1.42. The maximum absolute atomic E-state index is 11.4. The van der Waals surface area contributed by atoms with Crippen molar-refractivity contribution in [3.8, 4) is 0 Å². The van der Waals surface area contributed by atoms with Crippen LogP contribution in [0, 0.1) is 6.92 Å². The molecule has 0 aromatic rings. The minimum absolute atomic E-state index is 0.0223. The van der Waals surface area contributed by atoms with E-state index < -0.39 is 8.32 Å². The van der Waals surface area contributed by atoms with E-state index in [0.29, 0.717) is 19.8 Å². The van der Waals surface area contributed by atoms with Crippen molar-refractivity contribution in [2.24, 2.45) is 0 Å². The van der Waals surface area contributed by atoms with E-state index in [1.807, 2.05) is 0 Å². The van der Waals surface area contributed by atoms with E-state index in [1.165, 1.54) is 0 Å². The largest absolute Gasteiger partial charge is 0.447 e. The molecule has 1 aliphatic heterocycles.